The van der Waals surface area contributed by atoms with Crippen LogP contribution in [0.15, 0.2) is 18.2 Å². The summed E-state index contributed by atoms with van der Waals surface area (Å²) in [5, 5.41) is 19.4. The quantitative estimate of drug-likeness (QED) is 0.597. The van der Waals surface area contributed by atoms with E-state index < -0.39 is 10.8 Å². The first-order valence-electron chi connectivity index (χ1n) is 4.63. The highest BCUT2D eigenvalue weighted by atomic mass is 16.6. The van der Waals surface area contributed by atoms with Crippen molar-refractivity contribution in [2.45, 2.75) is 0 Å². The molecule has 0 saturated heterocycles. The molecule has 17 heavy (non-hydrogen) atoms. The maximum Gasteiger partial charge on any atom is 0.270 e. The summed E-state index contributed by atoms with van der Waals surface area (Å²) < 4.78 is 0. The summed E-state index contributed by atoms with van der Waals surface area (Å²) in [4.78, 5) is 22.2. The fourth-order valence-electron chi connectivity index (χ4n) is 1.38. The number of amides is 1. The highest BCUT2D eigenvalue weighted by molar-refractivity contribution is 5.80. The van der Waals surface area contributed by atoms with Gasteiger partial charge in [-0.15, -0.1) is 0 Å². The number of hydrogen-bond acceptors (Lipinski definition) is 5. The highest BCUT2D eigenvalue weighted by Gasteiger charge is 2.14. The molecular formula is C10H10N4O3. The van der Waals surface area contributed by atoms with E-state index >= 15 is 0 Å². The Morgan fingerprint density at radius 3 is 2.76 bits per heavy atom. The van der Waals surface area contributed by atoms with E-state index in [4.69, 9.17) is 11.0 Å². The van der Waals surface area contributed by atoms with Gasteiger partial charge in [0, 0.05) is 19.2 Å². The Morgan fingerprint density at radius 2 is 2.29 bits per heavy atom. The number of carbonyl (C=O) groups excluding carboxylic acids is 1. The molecule has 0 spiro atoms. The lowest BCUT2D eigenvalue weighted by atomic mass is 10.1. The van der Waals surface area contributed by atoms with Gasteiger partial charge in [-0.25, -0.2) is 0 Å². The summed E-state index contributed by atoms with van der Waals surface area (Å²) in [6, 6.07) is 5.69. The van der Waals surface area contributed by atoms with Gasteiger partial charge < -0.3 is 10.6 Å². The number of primary amides is 1. The topological polar surface area (TPSA) is 113 Å². The van der Waals surface area contributed by atoms with Crippen molar-refractivity contribution in [3.8, 4) is 6.07 Å². The monoisotopic (exact) mass is 234 g/mol. The van der Waals surface area contributed by atoms with Crippen LogP contribution in [0.5, 0.6) is 0 Å². The second-order valence-corrected chi connectivity index (χ2v) is 3.39. The molecule has 7 nitrogen and oxygen atoms in total. The maximum absolute atomic E-state index is 10.7. The lowest BCUT2D eigenvalue weighted by Crippen LogP contribution is -2.30. The molecular weight excluding hydrogens is 224 g/mol. The van der Waals surface area contributed by atoms with E-state index in [1.165, 1.54) is 17.0 Å². The number of benzene rings is 1. The Balaban J connectivity index is 3.13. The van der Waals surface area contributed by atoms with Crippen LogP contribution < -0.4 is 10.6 Å². The summed E-state index contributed by atoms with van der Waals surface area (Å²) >= 11 is 0. The lowest BCUT2D eigenvalue weighted by Gasteiger charge is -2.18. The van der Waals surface area contributed by atoms with Crippen LogP contribution in [0.4, 0.5) is 11.4 Å². The third kappa shape index (κ3) is 2.92. The van der Waals surface area contributed by atoms with Crippen LogP contribution in [0.1, 0.15) is 5.56 Å². The van der Waals surface area contributed by atoms with E-state index in [1.807, 2.05) is 6.07 Å². The third-order valence-corrected chi connectivity index (χ3v) is 2.12. The van der Waals surface area contributed by atoms with Gasteiger partial charge in [-0.05, 0) is 6.07 Å². The van der Waals surface area contributed by atoms with Crippen molar-refractivity contribution in [1.29, 1.82) is 5.26 Å². The van der Waals surface area contributed by atoms with Crippen molar-refractivity contribution < 1.29 is 9.72 Å². The average molecular weight is 234 g/mol. The maximum atomic E-state index is 10.7. The first kappa shape index (κ1) is 12.4. The van der Waals surface area contributed by atoms with Gasteiger partial charge in [-0.2, -0.15) is 5.26 Å². The zero-order chi connectivity index (χ0) is 13.0. The van der Waals surface area contributed by atoms with Crippen LogP contribution in [0.3, 0.4) is 0 Å². The van der Waals surface area contributed by atoms with Crippen molar-refractivity contribution in [3.05, 3.63) is 33.9 Å². The average Bonchev–Trinajstić information content (AvgIpc) is 2.27. The Labute approximate surface area is 97.2 Å². The van der Waals surface area contributed by atoms with Gasteiger partial charge in [-0.1, -0.05) is 0 Å². The number of nitriles is 1. The Hall–Kier alpha value is -2.62. The summed E-state index contributed by atoms with van der Waals surface area (Å²) in [5.74, 6) is -0.547. The minimum absolute atomic E-state index is 0.0630. The van der Waals surface area contributed by atoms with Gasteiger partial charge in [0.25, 0.3) is 5.69 Å². The summed E-state index contributed by atoms with van der Waals surface area (Å²) in [5.41, 5.74) is 5.42. The minimum Gasteiger partial charge on any atom is -0.368 e. The molecule has 2 N–H and O–H groups in total. The van der Waals surface area contributed by atoms with Crippen LogP contribution in [0.25, 0.3) is 0 Å². The molecule has 1 aromatic carbocycles. The van der Waals surface area contributed by atoms with Gasteiger partial charge in [0.05, 0.1) is 22.7 Å². The van der Waals surface area contributed by atoms with Crippen LogP contribution in [0.2, 0.25) is 0 Å². The Morgan fingerprint density at radius 1 is 1.65 bits per heavy atom. The van der Waals surface area contributed by atoms with E-state index in [1.54, 1.807) is 7.05 Å². The first-order valence-corrected chi connectivity index (χ1v) is 4.63. The van der Waals surface area contributed by atoms with Crippen LogP contribution >= 0.6 is 0 Å². The van der Waals surface area contributed by atoms with E-state index in [-0.39, 0.29) is 17.8 Å². The Bertz CT molecular complexity index is 507. The number of hydrogen-bond donors (Lipinski definition) is 1. The number of carbonyl (C=O) groups is 1. The molecule has 1 amide bonds. The van der Waals surface area contributed by atoms with Crippen LogP contribution in [0, 0.1) is 21.4 Å². The molecule has 1 rings (SSSR count). The summed E-state index contributed by atoms with van der Waals surface area (Å²) in [6.07, 6.45) is 0. The van der Waals surface area contributed by atoms with Crippen molar-refractivity contribution in [2.75, 3.05) is 18.5 Å². The standard InChI is InChI=1S/C10H10N4O3/c1-13(6-10(12)15)9-3-2-8(14(16)17)4-7(9)5-11/h2-4H,6H2,1H3,(H2,12,15). The molecule has 0 heterocycles. The second-order valence-electron chi connectivity index (χ2n) is 3.39. The molecule has 1 aromatic rings. The number of nitro benzene ring substituents is 1. The van der Waals surface area contributed by atoms with E-state index in [0.29, 0.717) is 5.69 Å². The normalized spacial score (nSPS) is 9.41. The predicted molar refractivity (Wildman–Crippen MR) is 60.3 cm³/mol. The first-order chi connectivity index (χ1) is 7.95. The molecule has 0 fully saturated rings. The Kier molecular flexibility index (Phi) is 3.62. The smallest absolute Gasteiger partial charge is 0.270 e. The number of likely N-dealkylation sites (N-methyl/N-ethyl adjacent to an activating group) is 1. The fourth-order valence-corrected chi connectivity index (χ4v) is 1.38. The van der Waals surface area contributed by atoms with E-state index in [9.17, 15) is 14.9 Å². The molecule has 7 heteroatoms. The predicted octanol–water partition coefficient (Wildman–Crippen LogP) is 0.388. The summed E-state index contributed by atoms with van der Waals surface area (Å²) in [7, 11) is 1.58. The lowest BCUT2D eigenvalue weighted by molar-refractivity contribution is -0.384. The van der Waals surface area contributed by atoms with Crippen molar-refractivity contribution in [1.82, 2.24) is 0 Å². The summed E-state index contributed by atoms with van der Waals surface area (Å²) in [6.45, 7) is -0.0630. The van der Waals surface area contributed by atoms with Crippen molar-refractivity contribution in [3.63, 3.8) is 0 Å². The molecule has 0 aliphatic heterocycles. The molecule has 0 bridgehead atoms. The SMILES string of the molecule is CN(CC(N)=O)c1ccc([N+](=O)[O-])cc1C#N. The van der Waals surface area contributed by atoms with Gasteiger partial charge in [0.15, 0.2) is 0 Å². The largest absolute Gasteiger partial charge is 0.368 e. The fraction of sp³-hybridized carbons (Fsp3) is 0.200. The number of non-ortho nitro benzene ring substituents is 1. The number of rotatable bonds is 4. The third-order valence-electron chi connectivity index (χ3n) is 2.12. The molecule has 88 valence electrons. The minimum atomic E-state index is -0.585. The van der Waals surface area contributed by atoms with Crippen LogP contribution in [-0.2, 0) is 4.79 Å². The van der Waals surface area contributed by atoms with Crippen LogP contribution in [-0.4, -0.2) is 24.4 Å². The van der Waals surface area contributed by atoms with Crippen molar-refractivity contribution >= 4 is 17.3 Å². The molecule has 0 aliphatic rings. The highest BCUT2D eigenvalue weighted by Crippen LogP contribution is 2.23. The van der Waals surface area contributed by atoms with E-state index in [0.717, 1.165) is 6.07 Å². The van der Waals surface area contributed by atoms with Gasteiger partial charge >= 0.3 is 0 Å². The molecule has 0 aromatic heterocycles. The number of nitrogens with two attached hydrogens (primary N) is 1. The van der Waals surface area contributed by atoms with Gasteiger partial charge in [0.2, 0.25) is 5.91 Å². The number of anilines is 1. The zero-order valence-corrected chi connectivity index (χ0v) is 9.08. The van der Waals surface area contributed by atoms with Gasteiger partial charge in [-0.3, -0.25) is 14.9 Å². The van der Waals surface area contributed by atoms with E-state index in [2.05, 4.69) is 0 Å². The second kappa shape index (κ2) is 4.94. The zero-order valence-electron chi connectivity index (χ0n) is 9.08. The number of nitro groups is 1. The molecule has 0 aliphatic carbocycles. The molecule has 0 unspecified atom stereocenters. The number of nitrogens with zero attached hydrogens (tertiary/aromatic N) is 3. The molecule has 0 saturated carbocycles. The van der Waals surface area contributed by atoms with Gasteiger partial charge in [0.1, 0.15) is 6.07 Å². The van der Waals surface area contributed by atoms with Crippen molar-refractivity contribution in [2.24, 2.45) is 5.73 Å². The molecule has 0 atom stereocenters. The molecule has 0 radical (unpaired) electrons.